The molecule has 1 heterocycles. The molecular weight excluding hydrogens is 314 g/mol. The van der Waals surface area contributed by atoms with Crippen molar-refractivity contribution in [2.24, 2.45) is 5.92 Å². The molecule has 108 valence electrons. The first-order valence-corrected chi connectivity index (χ1v) is 7.94. The van der Waals surface area contributed by atoms with Crippen molar-refractivity contribution in [1.82, 2.24) is 5.32 Å². The van der Waals surface area contributed by atoms with Gasteiger partial charge in [0.1, 0.15) is 5.76 Å². The van der Waals surface area contributed by atoms with Crippen LogP contribution in [0.5, 0.6) is 0 Å². The Bertz CT molecular complexity index is 523. The fourth-order valence-electron chi connectivity index (χ4n) is 2.77. The second-order valence-corrected chi connectivity index (χ2v) is 6.01. The molecule has 3 atom stereocenters. The molecule has 0 aliphatic rings. The lowest BCUT2D eigenvalue weighted by molar-refractivity contribution is 0.309. The highest BCUT2D eigenvalue weighted by molar-refractivity contribution is 9.10. The number of rotatable bonds is 6. The molecule has 1 N–H and O–H groups in total. The van der Waals surface area contributed by atoms with E-state index in [1.807, 2.05) is 19.2 Å². The summed E-state index contributed by atoms with van der Waals surface area (Å²) in [7, 11) is 2.00. The molecule has 0 aliphatic carbocycles. The molecule has 0 spiro atoms. The summed E-state index contributed by atoms with van der Waals surface area (Å²) >= 11 is 3.39. The summed E-state index contributed by atoms with van der Waals surface area (Å²) in [6.07, 6.45) is 1.14. The maximum absolute atomic E-state index is 5.79. The van der Waals surface area contributed by atoms with Crippen molar-refractivity contribution in [2.45, 2.75) is 32.2 Å². The Labute approximate surface area is 129 Å². The average molecular weight is 336 g/mol. The van der Waals surface area contributed by atoms with Crippen LogP contribution in [-0.2, 0) is 0 Å². The zero-order valence-electron chi connectivity index (χ0n) is 12.3. The first-order chi connectivity index (χ1) is 9.67. The minimum absolute atomic E-state index is 0.179. The van der Waals surface area contributed by atoms with Crippen LogP contribution in [0.15, 0.2) is 51.6 Å². The molecule has 1 aromatic heterocycles. The fourth-order valence-corrected chi connectivity index (χ4v) is 3.09. The van der Waals surface area contributed by atoms with Crippen LogP contribution >= 0.6 is 15.9 Å². The van der Waals surface area contributed by atoms with Gasteiger partial charge in [-0.1, -0.05) is 50.6 Å². The van der Waals surface area contributed by atoms with Crippen molar-refractivity contribution in [2.75, 3.05) is 7.05 Å². The van der Waals surface area contributed by atoms with Crippen LogP contribution in [0.2, 0.25) is 0 Å². The number of furan rings is 1. The Balaban J connectivity index is 2.39. The van der Waals surface area contributed by atoms with E-state index in [2.05, 4.69) is 65.4 Å². The van der Waals surface area contributed by atoms with Crippen molar-refractivity contribution in [3.8, 4) is 0 Å². The van der Waals surface area contributed by atoms with E-state index in [4.69, 9.17) is 4.42 Å². The van der Waals surface area contributed by atoms with Gasteiger partial charge in [-0.3, -0.25) is 0 Å². The van der Waals surface area contributed by atoms with Gasteiger partial charge in [-0.05, 0) is 46.6 Å². The summed E-state index contributed by atoms with van der Waals surface area (Å²) in [6.45, 7) is 4.55. The first kappa shape index (κ1) is 15.3. The number of nitrogens with one attached hydrogen (secondary N) is 1. The molecule has 2 aromatic rings. The quantitative estimate of drug-likeness (QED) is 0.791. The van der Waals surface area contributed by atoms with E-state index in [-0.39, 0.29) is 6.04 Å². The zero-order chi connectivity index (χ0) is 14.5. The summed E-state index contributed by atoms with van der Waals surface area (Å²) in [6, 6.07) is 14.9. The van der Waals surface area contributed by atoms with Gasteiger partial charge in [0.2, 0.25) is 0 Å². The van der Waals surface area contributed by atoms with Crippen LogP contribution in [-0.4, -0.2) is 7.05 Å². The van der Waals surface area contributed by atoms with Gasteiger partial charge in [0.25, 0.3) is 0 Å². The van der Waals surface area contributed by atoms with Gasteiger partial charge < -0.3 is 9.73 Å². The van der Waals surface area contributed by atoms with Gasteiger partial charge in [0.05, 0.1) is 6.04 Å². The zero-order valence-corrected chi connectivity index (χ0v) is 13.9. The lowest BCUT2D eigenvalue weighted by atomic mass is 9.79. The summed E-state index contributed by atoms with van der Waals surface area (Å²) in [5.41, 5.74) is 1.36. The molecule has 2 nitrogen and oxygen atoms in total. The Kier molecular flexibility index (Phi) is 5.44. The topological polar surface area (TPSA) is 25.2 Å². The van der Waals surface area contributed by atoms with E-state index in [0.717, 1.165) is 16.9 Å². The van der Waals surface area contributed by atoms with Crippen molar-refractivity contribution in [3.63, 3.8) is 0 Å². The van der Waals surface area contributed by atoms with Gasteiger partial charge in [-0.2, -0.15) is 0 Å². The normalized spacial score (nSPS) is 15.8. The highest BCUT2D eigenvalue weighted by atomic mass is 79.9. The van der Waals surface area contributed by atoms with Crippen molar-refractivity contribution in [1.29, 1.82) is 0 Å². The van der Waals surface area contributed by atoms with E-state index >= 15 is 0 Å². The number of halogens is 1. The van der Waals surface area contributed by atoms with Crippen molar-refractivity contribution >= 4 is 15.9 Å². The molecule has 0 amide bonds. The van der Waals surface area contributed by atoms with Crippen LogP contribution < -0.4 is 5.32 Å². The van der Waals surface area contributed by atoms with Gasteiger partial charge in [-0.25, -0.2) is 0 Å². The molecule has 1 aromatic carbocycles. The second-order valence-electron chi connectivity index (χ2n) is 5.23. The summed E-state index contributed by atoms with van der Waals surface area (Å²) in [4.78, 5) is 0. The molecule has 0 bridgehead atoms. The van der Waals surface area contributed by atoms with E-state index in [9.17, 15) is 0 Å². The van der Waals surface area contributed by atoms with Crippen LogP contribution in [0.3, 0.4) is 0 Å². The third kappa shape index (κ3) is 3.33. The highest BCUT2D eigenvalue weighted by Crippen LogP contribution is 2.39. The molecule has 3 unspecified atom stereocenters. The maximum atomic E-state index is 5.79. The molecular formula is C17H22BrNO. The SMILES string of the molecule is CCC(C)C(c1ccccc1)C(NC)c1ccc(Br)o1. The number of hydrogen-bond acceptors (Lipinski definition) is 2. The van der Waals surface area contributed by atoms with E-state index in [1.54, 1.807) is 0 Å². The van der Waals surface area contributed by atoms with Crippen molar-refractivity contribution in [3.05, 3.63) is 58.5 Å². The minimum atomic E-state index is 0.179. The molecule has 3 heteroatoms. The maximum Gasteiger partial charge on any atom is 0.169 e. The predicted octanol–water partition coefficient (Wildman–Crippen LogP) is 5.13. The summed E-state index contributed by atoms with van der Waals surface area (Å²) in [5, 5.41) is 3.43. The molecule has 20 heavy (non-hydrogen) atoms. The largest absolute Gasteiger partial charge is 0.453 e. The van der Waals surface area contributed by atoms with Crippen molar-refractivity contribution < 1.29 is 4.42 Å². The number of benzene rings is 1. The number of hydrogen-bond donors (Lipinski definition) is 1. The third-order valence-corrected chi connectivity index (χ3v) is 4.44. The molecule has 0 fully saturated rings. The number of likely N-dealkylation sites (N-methyl/N-ethyl adjacent to an activating group) is 1. The Morgan fingerprint density at radius 1 is 1.15 bits per heavy atom. The lowest BCUT2D eigenvalue weighted by Gasteiger charge is -2.30. The average Bonchev–Trinajstić information content (AvgIpc) is 2.91. The predicted molar refractivity (Wildman–Crippen MR) is 86.8 cm³/mol. The Morgan fingerprint density at radius 2 is 1.85 bits per heavy atom. The smallest absolute Gasteiger partial charge is 0.169 e. The van der Waals surface area contributed by atoms with Crippen LogP contribution in [0.25, 0.3) is 0 Å². The monoisotopic (exact) mass is 335 g/mol. The summed E-state index contributed by atoms with van der Waals surface area (Å²) < 4.78 is 6.57. The molecule has 0 saturated heterocycles. The Hall–Kier alpha value is -1.06. The lowest BCUT2D eigenvalue weighted by Crippen LogP contribution is -2.27. The van der Waals surface area contributed by atoms with Gasteiger partial charge >= 0.3 is 0 Å². The molecule has 0 saturated carbocycles. The van der Waals surface area contributed by atoms with Gasteiger partial charge in [0.15, 0.2) is 4.67 Å². The Morgan fingerprint density at radius 3 is 2.35 bits per heavy atom. The van der Waals surface area contributed by atoms with Gasteiger partial charge in [0, 0.05) is 5.92 Å². The molecule has 0 aliphatic heterocycles. The van der Waals surface area contributed by atoms with E-state index < -0.39 is 0 Å². The van der Waals surface area contributed by atoms with Crippen LogP contribution in [0, 0.1) is 5.92 Å². The molecule has 0 radical (unpaired) electrons. The van der Waals surface area contributed by atoms with Gasteiger partial charge in [-0.15, -0.1) is 0 Å². The standard InChI is InChI=1S/C17H22BrNO/c1-4-12(2)16(13-8-6-5-7-9-13)17(19-3)14-10-11-15(18)20-14/h5-12,16-17,19H,4H2,1-3H3. The third-order valence-electron chi connectivity index (χ3n) is 4.01. The fraction of sp³-hybridized carbons (Fsp3) is 0.412. The van der Waals surface area contributed by atoms with E-state index in [1.165, 1.54) is 5.56 Å². The minimum Gasteiger partial charge on any atom is -0.453 e. The molecule has 2 rings (SSSR count). The summed E-state index contributed by atoms with van der Waals surface area (Å²) in [5.74, 6) is 1.94. The van der Waals surface area contributed by atoms with Crippen LogP contribution in [0.4, 0.5) is 0 Å². The van der Waals surface area contributed by atoms with Crippen LogP contribution in [0.1, 0.15) is 43.6 Å². The van der Waals surface area contributed by atoms with E-state index in [0.29, 0.717) is 11.8 Å². The highest BCUT2D eigenvalue weighted by Gasteiger charge is 2.29. The second kappa shape index (κ2) is 7.09. The first-order valence-electron chi connectivity index (χ1n) is 7.14.